The second-order valence-corrected chi connectivity index (χ2v) is 5.50. The van der Waals surface area contributed by atoms with E-state index in [1.54, 1.807) is 12.1 Å². The van der Waals surface area contributed by atoms with Crippen molar-refractivity contribution in [3.8, 4) is 12.3 Å². The molecule has 1 atom stereocenters. The van der Waals surface area contributed by atoms with Crippen molar-refractivity contribution < 1.29 is 9.13 Å². The zero-order chi connectivity index (χ0) is 17.2. The molecule has 1 heterocycles. The minimum Gasteiger partial charge on any atom is -0.379 e. The van der Waals surface area contributed by atoms with Crippen LogP contribution in [0.3, 0.4) is 0 Å². The first-order valence-electron chi connectivity index (χ1n) is 8.27. The van der Waals surface area contributed by atoms with Crippen LogP contribution in [0.25, 0.3) is 0 Å². The average Bonchev–Trinajstić information content (AvgIpc) is 2.61. The number of benzene rings is 1. The van der Waals surface area contributed by atoms with Crippen LogP contribution in [0.4, 0.5) is 4.39 Å². The summed E-state index contributed by atoms with van der Waals surface area (Å²) in [7, 11) is 0. The number of hydrogen-bond acceptors (Lipinski definition) is 3. The van der Waals surface area contributed by atoms with Crippen molar-refractivity contribution in [2.45, 2.75) is 13.0 Å². The van der Waals surface area contributed by atoms with Gasteiger partial charge in [0.15, 0.2) is 5.96 Å². The summed E-state index contributed by atoms with van der Waals surface area (Å²) in [6, 6.07) is 6.73. The molecular formula is C18H25FN4O. The number of aliphatic imine (C=N–C) groups is 1. The summed E-state index contributed by atoms with van der Waals surface area (Å²) in [6.45, 7) is 6.67. The van der Waals surface area contributed by atoms with E-state index in [1.807, 2.05) is 13.0 Å². The number of nitrogens with one attached hydrogen (secondary N) is 2. The SMILES string of the molecule is C#CCNC(=NCC(c1cccc(F)c1)N1CCOCC1)NCC. The molecule has 2 rings (SSSR count). The smallest absolute Gasteiger partial charge is 0.192 e. The molecule has 0 aromatic heterocycles. The van der Waals surface area contributed by atoms with E-state index in [1.165, 1.54) is 6.07 Å². The topological polar surface area (TPSA) is 48.9 Å². The van der Waals surface area contributed by atoms with Gasteiger partial charge in [0.1, 0.15) is 5.82 Å². The summed E-state index contributed by atoms with van der Waals surface area (Å²) in [6.07, 6.45) is 5.29. The minimum absolute atomic E-state index is 0.00546. The van der Waals surface area contributed by atoms with E-state index in [4.69, 9.17) is 11.2 Å². The quantitative estimate of drug-likeness (QED) is 0.470. The monoisotopic (exact) mass is 332 g/mol. The summed E-state index contributed by atoms with van der Waals surface area (Å²) in [5.41, 5.74) is 0.924. The molecule has 0 radical (unpaired) electrons. The molecule has 1 aromatic rings. The molecule has 1 aliphatic rings. The number of terminal acetylenes is 1. The number of hydrogen-bond donors (Lipinski definition) is 2. The van der Waals surface area contributed by atoms with Crippen molar-refractivity contribution in [2.75, 3.05) is 45.9 Å². The van der Waals surface area contributed by atoms with Crippen LogP contribution in [0.15, 0.2) is 29.3 Å². The third-order valence-electron chi connectivity index (χ3n) is 3.84. The minimum atomic E-state index is -0.230. The number of halogens is 1. The highest BCUT2D eigenvalue weighted by Gasteiger charge is 2.23. The number of ether oxygens (including phenoxy) is 1. The maximum atomic E-state index is 13.7. The van der Waals surface area contributed by atoms with E-state index in [2.05, 4.69) is 26.4 Å². The fourth-order valence-electron chi connectivity index (χ4n) is 2.69. The van der Waals surface area contributed by atoms with Crippen molar-refractivity contribution in [2.24, 2.45) is 4.99 Å². The molecule has 0 amide bonds. The van der Waals surface area contributed by atoms with Gasteiger partial charge in [0.25, 0.3) is 0 Å². The van der Waals surface area contributed by atoms with Crippen LogP contribution in [0.1, 0.15) is 18.5 Å². The van der Waals surface area contributed by atoms with Crippen molar-refractivity contribution >= 4 is 5.96 Å². The average molecular weight is 332 g/mol. The highest BCUT2D eigenvalue weighted by Crippen LogP contribution is 2.23. The Balaban J connectivity index is 2.16. The Labute approximate surface area is 143 Å². The summed E-state index contributed by atoms with van der Waals surface area (Å²) >= 11 is 0. The molecule has 0 aliphatic carbocycles. The predicted molar refractivity (Wildman–Crippen MR) is 94.3 cm³/mol. The molecule has 1 fully saturated rings. The first-order valence-corrected chi connectivity index (χ1v) is 8.27. The fourth-order valence-corrected chi connectivity index (χ4v) is 2.69. The highest BCUT2D eigenvalue weighted by atomic mass is 19.1. The molecule has 6 heteroatoms. The molecule has 1 aromatic carbocycles. The van der Waals surface area contributed by atoms with Gasteiger partial charge in [-0.2, -0.15) is 0 Å². The van der Waals surface area contributed by atoms with Crippen LogP contribution in [0.5, 0.6) is 0 Å². The van der Waals surface area contributed by atoms with E-state index in [-0.39, 0.29) is 11.9 Å². The van der Waals surface area contributed by atoms with Crippen molar-refractivity contribution in [3.05, 3.63) is 35.6 Å². The molecule has 0 saturated carbocycles. The molecule has 1 saturated heterocycles. The maximum Gasteiger partial charge on any atom is 0.192 e. The van der Waals surface area contributed by atoms with Crippen molar-refractivity contribution in [1.82, 2.24) is 15.5 Å². The Bertz CT molecular complexity index is 579. The molecule has 130 valence electrons. The second kappa shape index (κ2) is 9.91. The number of rotatable bonds is 6. The lowest BCUT2D eigenvalue weighted by Gasteiger charge is -2.34. The van der Waals surface area contributed by atoms with Gasteiger partial charge in [-0.05, 0) is 24.6 Å². The summed E-state index contributed by atoms with van der Waals surface area (Å²) in [5, 5.41) is 6.24. The zero-order valence-electron chi connectivity index (χ0n) is 14.1. The van der Waals surface area contributed by atoms with Crippen molar-refractivity contribution in [3.63, 3.8) is 0 Å². The molecule has 1 unspecified atom stereocenters. The van der Waals surface area contributed by atoms with Crippen LogP contribution < -0.4 is 10.6 Å². The molecule has 0 bridgehead atoms. The van der Waals surface area contributed by atoms with Gasteiger partial charge < -0.3 is 15.4 Å². The Morgan fingerprint density at radius 1 is 1.42 bits per heavy atom. The van der Waals surface area contributed by atoms with Gasteiger partial charge in [-0.1, -0.05) is 18.1 Å². The standard InChI is InChI=1S/C18H25FN4O/c1-3-8-21-18(20-4-2)22-14-17(23-9-11-24-12-10-23)15-6-5-7-16(19)13-15/h1,5-7,13,17H,4,8-12,14H2,2H3,(H2,20,21,22). The molecule has 5 nitrogen and oxygen atoms in total. The van der Waals surface area contributed by atoms with E-state index in [9.17, 15) is 4.39 Å². The lowest BCUT2D eigenvalue weighted by atomic mass is 10.0. The predicted octanol–water partition coefficient (Wildman–Crippen LogP) is 1.39. The normalized spacial score (nSPS) is 17.1. The Morgan fingerprint density at radius 2 is 2.21 bits per heavy atom. The van der Waals surface area contributed by atoms with Crippen molar-refractivity contribution in [1.29, 1.82) is 0 Å². The summed E-state index contributed by atoms with van der Waals surface area (Å²) in [5.74, 6) is 2.98. The number of guanidine groups is 1. The Hall–Kier alpha value is -2.10. The van der Waals surface area contributed by atoms with Crippen LogP contribution >= 0.6 is 0 Å². The Kier molecular flexibility index (Phi) is 7.53. The van der Waals surface area contributed by atoms with E-state index in [0.717, 1.165) is 25.2 Å². The fraction of sp³-hybridized carbons (Fsp3) is 0.500. The maximum absolute atomic E-state index is 13.7. The third-order valence-corrected chi connectivity index (χ3v) is 3.84. The highest BCUT2D eigenvalue weighted by molar-refractivity contribution is 5.80. The lowest BCUT2D eigenvalue weighted by Crippen LogP contribution is -2.42. The lowest BCUT2D eigenvalue weighted by molar-refractivity contribution is 0.0179. The van der Waals surface area contributed by atoms with E-state index < -0.39 is 0 Å². The molecule has 0 spiro atoms. The van der Waals surface area contributed by atoms with Crippen LogP contribution in [0, 0.1) is 18.2 Å². The van der Waals surface area contributed by atoms with Gasteiger partial charge in [-0.15, -0.1) is 6.42 Å². The van der Waals surface area contributed by atoms with Crippen LogP contribution in [0.2, 0.25) is 0 Å². The molecule has 24 heavy (non-hydrogen) atoms. The van der Waals surface area contributed by atoms with Gasteiger partial charge in [-0.25, -0.2) is 4.39 Å². The van der Waals surface area contributed by atoms with E-state index >= 15 is 0 Å². The number of morpholine rings is 1. The first kappa shape index (κ1) is 18.2. The largest absolute Gasteiger partial charge is 0.379 e. The Morgan fingerprint density at radius 3 is 2.88 bits per heavy atom. The van der Waals surface area contributed by atoms with Crippen LogP contribution in [-0.2, 0) is 4.74 Å². The van der Waals surface area contributed by atoms with Gasteiger partial charge in [0, 0.05) is 19.6 Å². The zero-order valence-corrected chi connectivity index (χ0v) is 14.1. The number of nitrogens with zero attached hydrogens (tertiary/aromatic N) is 2. The third kappa shape index (κ3) is 5.52. The molecular weight excluding hydrogens is 307 g/mol. The molecule has 2 N–H and O–H groups in total. The second-order valence-electron chi connectivity index (χ2n) is 5.50. The summed E-state index contributed by atoms with van der Waals surface area (Å²) < 4.78 is 19.1. The first-order chi connectivity index (χ1) is 11.7. The molecule has 1 aliphatic heterocycles. The van der Waals surface area contributed by atoms with E-state index in [0.29, 0.717) is 32.3 Å². The summed E-state index contributed by atoms with van der Waals surface area (Å²) in [4.78, 5) is 6.91. The van der Waals surface area contributed by atoms with Gasteiger partial charge in [0.05, 0.1) is 32.3 Å². The van der Waals surface area contributed by atoms with Crippen LogP contribution in [-0.4, -0.2) is 56.8 Å². The van der Waals surface area contributed by atoms with Gasteiger partial charge >= 0.3 is 0 Å². The van der Waals surface area contributed by atoms with Gasteiger partial charge in [-0.3, -0.25) is 9.89 Å². The van der Waals surface area contributed by atoms with Gasteiger partial charge in [0.2, 0.25) is 0 Å².